The molecule has 0 amide bonds. The molecule has 16 heavy (non-hydrogen) atoms. The lowest BCUT2D eigenvalue weighted by Gasteiger charge is -1.96. The molecule has 1 aliphatic carbocycles. The van der Waals surface area contributed by atoms with E-state index >= 15 is 0 Å². The summed E-state index contributed by atoms with van der Waals surface area (Å²) in [6.45, 7) is 1.90. The van der Waals surface area contributed by atoms with Gasteiger partial charge in [0.25, 0.3) is 0 Å². The minimum absolute atomic E-state index is 0.120. The maximum absolute atomic E-state index is 11.2. The van der Waals surface area contributed by atoms with Gasteiger partial charge in [-0.1, -0.05) is 0 Å². The Hall–Kier alpha value is -1.27. The van der Waals surface area contributed by atoms with Crippen LogP contribution in [0.5, 0.6) is 0 Å². The van der Waals surface area contributed by atoms with Gasteiger partial charge in [-0.2, -0.15) is 0 Å². The van der Waals surface area contributed by atoms with Crippen molar-refractivity contribution in [1.29, 1.82) is 0 Å². The number of carbonyl (C=O) groups excluding carboxylic acids is 1. The third-order valence-electron chi connectivity index (χ3n) is 2.31. The minimum Gasteiger partial charge on any atom is -0.476 e. The summed E-state index contributed by atoms with van der Waals surface area (Å²) in [5.74, 6) is -1.38. The number of hydrogen-bond donors (Lipinski definition) is 2. The van der Waals surface area contributed by atoms with Crippen molar-refractivity contribution in [2.45, 2.75) is 32.4 Å². The minimum atomic E-state index is -1.14. The summed E-state index contributed by atoms with van der Waals surface area (Å²) >= 11 is 1.16. The molecule has 0 radical (unpaired) electrons. The van der Waals surface area contributed by atoms with Gasteiger partial charge in [0.1, 0.15) is 9.88 Å². The molecular weight excluding hydrogens is 228 g/mol. The molecule has 1 heterocycles. The van der Waals surface area contributed by atoms with Crippen molar-refractivity contribution in [2.75, 3.05) is 0 Å². The van der Waals surface area contributed by atoms with Crippen LogP contribution in [0.4, 0.5) is 0 Å². The highest BCUT2D eigenvalue weighted by Gasteiger charge is 2.23. The zero-order valence-electron chi connectivity index (χ0n) is 8.82. The van der Waals surface area contributed by atoms with Gasteiger partial charge in [-0.15, -0.1) is 11.3 Å². The van der Waals surface area contributed by atoms with E-state index in [1.807, 2.05) is 0 Å². The normalized spacial score (nSPS) is 15.1. The van der Waals surface area contributed by atoms with Gasteiger partial charge >= 0.3 is 5.97 Å². The van der Waals surface area contributed by atoms with Crippen molar-refractivity contribution < 1.29 is 14.7 Å². The van der Waals surface area contributed by atoms with E-state index in [-0.39, 0.29) is 16.4 Å². The van der Waals surface area contributed by atoms with Crippen molar-refractivity contribution in [3.63, 3.8) is 0 Å². The number of aromatic nitrogens is 1. The quantitative estimate of drug-likeness (QED) is 0.758. The lowest BCUT2D eigenvalue weighted by molar-refractivity contribution is 0.0687. The number of ketones is 1. The van der Waals surface area contributed by atoms with E-state index in [1.54, 1.807) is 0 Å². The first-order valence-corrected chi connectivity index (χ1v) is 5.87. The molecule has 2 N–H and O–H groups in total. The molecule has 0 atom stereocenters. The Morgan fingerprint density at radius 2 is 2.25 bits per heavy atom. The van der Waals surface area contributed by atoms with Gasteiger partial charge in [-0.25, -0.2) is 9.78 Å². The molecule has 0 aliphatic heterocycles. The molecule has 5 nitrogen and oxygen atoms in total. The lowest BCUT2D eigenvalue weighted by Crippen LogP contribution is -2.15. The van der Waals surface area contributed by atoms with Crippen LogP contribution < -0.4 is 5.32 Å². The van der Waals surface area contributed by atoms with Crippen molar-refractivity contribution in [3.05, 3.63) is 15.6 Å². The summed E-state index contributed by atoms with van der Waals surface area (Å²) in [4.78, 5) is 26.3. The highest BCUT2D eigenvalue weighted by Crippen LogP contribution is 2.22. The molecule has 1 saturated carbocycles. The fourth-order valence-corrected chi connectivity index (χ4v) is 2.24. The highest BCUT2D eigenvalue weighted by atomic mass is 32.1. The van der Waals surface area contributed by atoms with Crippen LogP contribution in [-0.4, -0.2) is 27.9 Å². The van der Waals surface area contributed by atoms with Crippen LogP contribution in [0.1, 0.15) is 44.9 Å². The van der Waals surface area contributed by atoms with E-state index in [0.717, 1.165) is 24.2 Å². The second-order valence-corrected chi connectivity index (χ2v) is 4.89. The topological polar surface area (TPSA) is 79.3 Å². The first-order valence-electron chi connectivity index (χ1n) is 5.05. The molecule has 6 heteroatoms. The van der Waals surface area contributed by atoms with Crippen molar-refractivity contribution in [2.24, 2.45) is 0 Å². The van der Waals surface area contributed by atoms with E-state index < -0.39 is 5.97 Å². The molecule has 86 valence electrons. The Morgan fingerprint density at radius 3 is 2.69 bits per heavy atom. The number of nitrogens with zero attached hydrogens (tertiary/aromatic N) is 1. The van der Waals surface area contributed by atoms with Crippen LogP contribution in [-0.2, 0) is 6.54 Å². The van der Waals surface area contributed by atoms with Crippen molar-refractivity contribution >= 4 is 23.1 Å². The number of carbonyl (C=O) groups is 2. The standard InChI is InChI=1S/C10H12N2O3S/c1-5(13)9-8(10(14)15)12-7(16-9)4-11-6-2-3-6/h6,11H,2-4H2,1H3,(H,14,15). The van der Waals surface area contributed by atoms with E-state index in [1.165, 1.54) is 6.92 Å². The summed E-state index contributed by atoms with van der Waals surface area (Å²) in [5, 5.41) is 12.8. The smallest absolute Gasteiger partial charge is 0.356 e. The number of thiazole rings is 1. The van der Waals surface area contributed by atoms with Crippen LogP contribution in [0.15, 0.2) is 0 Å². The molecule has 0 saturated heterocycles. The summed E-state index contributed by atoms with van der Waals surface area (Å²) in [5.41, 5.74) is -0.120. The first-order chi connectivity index (χ1) is 7.58. The third kappa shape index (κ3) is 2.45. The summed E-state index contributed by atoms with van der Waals surface area (Å²) in [6.07, 6.45) is 2.33. The second kappa shape index (κ2) is 4.31. The second-order valence-electron chi connectivity index (χ2n) is 3.80. The van der Waals surface area contributed by atoms with Crippen LogP contribution in [0.25, 0.3) is 0 Å². The molecule has 0 unspecified atom stereocenters. The largest absolute Gasteiger partial charge is 0.476 e. The van der Waals surface area contributed by atoms with Gasteiger partial charge in [0.05, 0.1) is 0 Å². The number of aromatic carboxylic acids is 1. The predicted octanol–water partition coefficient (Wildman–Crippen LogP) is 1.30. The number of hydrogen-bond acceptors (Lipinski definition) is 5. The zero-order chi connectivity index (χ0) is 11.7. The summed E-state index contributed by atoms with van der Waals surface area (Å²) < 4.78 is 0. The summed E-state index contributed by atoms with van der Waals surface area (Å²) in [6, 6.07) is 0.540. The molecular formula is C10H12N2O3S. The molecule has 2 rings (SSSR count). The maximum atomic E-state index is 11.2. The molecule has 0 bridgehead atoms. The van der Waals surface area contributed by atoms with Crippen molar-refractivity contribution in [1.82, 2.24) is 10.3 Å². The number of Topliss-reactive ketones (excluding diaryl/α,β-unsaturated/α-hetero) is 1. The summed E-state index contributed by atoms with van der Waals surface area (Å²) in [7, 11) is 0. The lowest BCUT2D eigenvalue weighted by atomic mass is 10.3. The Labute approximate surface area is 96.5 Å². The van der Waals surface area contributed by atoms with Gasteiger partial charge in [-0.3, -0.25) is 4.79 Å². The van der Waals surface area contributed by atoms with E-state index in [2.05, 4.69) is 10.3 Å². The Balaban J connectivity index is 2.15. The number of carboxylic acids is 1. The SMILES string of the molecule is CC(=O)c1sc(CNC2CC2)nc1C(=O)O. The Morgan fingerprint density at radius 1 is 1.56 bits per heavy atom. The van der Waals surface area contributed by atoms with Gasteiger partial charge in [0.2, 0.25) is 0 Å². The highest BCUT2D eigenvalue weighted by molar-refractivity contribution is 7.14. The predicted molar refractivity (Wildman–Crippen MR) is 58.9 cm³/mol. The molecule has 1 aromatic heterocycles. The Kier molecular flexibility index (Phi) is 3.02. The molecule has 1 aliphatic rings. The zero-order valence-corrected chi connectivity index (χ0v) is 9.63. The fourth-order valence-electron chi connectivity index (χ4n) is 1.34. The van der Waals surface area contributed by atoms with Gasteiger partial charge in [0.15, 0.2) is 11.5 Å². The fraction of sp³-hybridized carbons (Fsp3) is 0.500. The van der Waals surface area contributed by atoms with Crippen LogP contribution >= 0.6 is 11.3 Å². The van der Waals surface area contributed by atoms with E-state index in [0.29, 0.717) is 17.6 Å². The molecule has 1 fully saturated rings. The average molecular weight is 240 g/mol. The molecule has 1 aromatic rings. The monoisotopic (exact) mass is 240 g/mol. The Bertz CT molecular complexity index is 406. The average Bonchev–Trinajstić information content (AvgIpc) is 2.93. The van der Waals surface area contributed by atoms with Crippen LogP contribution in [0.3, 0.4) is 0 Å². The first kappa shape index (κ1) is 11.2. The molecule has 0 spiro atoms. The third-order valence-corrected chi connectivity index (χ3v) is 3.47. The van der Waals surface area contributed by atoms with Crippen LogP contribution in [0.2, 0.25) is 0 Å². The number of nitrogens with one attached hydrogen (secondary N) is 1. The van der Waals surface area contributed by atoms with Gasteiger partial charge in [0, 0.05) is 19.5 Å². The van der Waals surface area contributed by atoms with E-state index in [4.69, 9.17) is 5.11 Å². The van der Waals surface area contributed by atoms with Gasteiger partial charge < -0.3 is 10.4 Å². The van der Waals surface area contributed by atoms with Crippen molar-refractivity contribution in [3.8, 4) is 0 Å². The number of rotatable bonds is 5. The van der Waals surface area contributed by atoms with E-state index in [9.17, 15) is 9.59 Å². The number of carboxylic acid groups (broad SMARTS) is 1. The van der Waals surface area contributed by atoms with Gasteiger partial charge in [-0.05, 0) is 12.8 Å². The van der Waals surface area contributed by atoms with Crippen LogP contribution in [0, 0.1) is 0 Å². The molecule has 0 aromatic carbocycles. The maximum Gasteiger partial charge on any atom is 0.356 e.